The third-order valence-corrected chi connectivity index (χ3v) is 2.04. The van der Waals surface area contributed by atoms with E-state index >= 15 is 0 Å². The second-order valence-electron chi connectivity index (χ2n) is 4.03. The minimum Gasteiger partial charge on any atom is -0.478 e. The molecule has 0 saturated heterocycles. The Morgan fingerprint density at radius 1 is 1.18 bits per heavy atom. The van der Waals surface area contributed by atoms with Crippen molar-refractivity contribution in [2.45, 2.75) is 13.8 Å². The molecule has 2 N–H and O–H groups in total. The van der Waals surface area contributed by atoms with Crippen LogP contribution in [0.25, 0.3) is 0 Å². The van der Waals surface area contributed by atoms with Crippen LogP contribution >= 0.6 is 0 Å². The Morgan fingerprint density at radius 3 is 2.23 bits per heavy atom. The predicted molar refractivity (Wildman–Crippen MR) is 77.6 cm³/mol. The number of ether oxygens (including phenoxy) is 2. The second kappa shape index (κ2) is 10.1. The number of carboxylic acids is 1. The van der Waals surface area contributed by atoms with Crippen molar-refractivity contribution in [3.05, 3.63) is 42.0 Å². The number of rotatable bonds is 5. The number of aromatic carboxylic acids is 1. The fraction of sp³-hybridized carbons (Fsp3) is 0.267. The molecule has 22 heavy (non-hydrogen) atoms. The van der Waals surface area contributed by atoms with E-state index in [4.69, 9.17) is 10.2 Å². The van der Waals surface area contributed by atoms with Gasteiger partial charge in [-0.25, -0.2) is 9.59 Å². The highest BCUT2D eigenvalue weighted by Gasteiger charge is 2.10. The number of esters is 2. The van der Waals surface area contributed by atoms with E-state index in [0.717, 1.165) is 0 Å². The molecule has 0 saturated carbocycles. The average molecular weight is 310 g/mol. The van der Waals surface area contributed by atoms with Crippen molar-refractivity contribution < 1.29 is 34.1 Å². The van der Waals surface area contributed by atoms with Gasteiger partial charge in [-0.15, -0.1) is 0 Å². The molecule has 0 atom stereocenters. The smallest absolute Gasteiger partial charge is 0.339 e. The van der Waals surface area contributed by atoms with Gasteiger partial charge >= 0.3 is 17.9 Å². The van der Waals surface area contributed by atoms with E-state index in [2.05, 4.69) is 16.1 Å². The van der Waals surface area contributed by atoms with E-state index in [-0.39, 0.29) is 24.5 Å². The Bertz CT molecular complexity index is 549. The zero-order chi connectivity index (χ0) is 17.1. The van der Waals surface area contributed by atoms with Crippen molar-refractivity contribution in [2.24, 2.45) is 0 Å². The molecule has 0 unspecified atom stereocenters. The van der Waals surface area contributed by atoms with E-state index < -0.39 is 17.9 Å². The summed E-state index contributed by atoms with van der Waals surface area (Å²) < 4.78 is 9.15. The summed E-state index contributed by atoms with van der Waals surface area (Å²) in [6.45, 7) is 6.04. The van der Waals surface area contributed by atoms with Crippen LogP contribution in [0.1, 0.15) is 24.2 Å². The van der Waals surface area contributed by atoms with Gasteiger partial charge in [0.25, 0.3) is 0 Å². The Hall–Kier alpha value is -2.67. The predicted octanol–water partition coefficient (Wildman–Crippen LogP) is 1.41. The molecule has 0 radical (unpaired) electrons. The van der Waals surface area contributed by atoms with Crippen LogP contribution in [0.5, 0.6) is 5.75 Å². The molecule has 0 heterocycles. The lowest BCUT2D eigenvalue weighted by Crippen LogP contribution is -2.08. The number of hydrogen-bond acceptors (Lipinski definition) is 6. The van der Waals surface area contributed by atoms with E-state index in [0.29, 0.717) is 5.57 Å². The van der Waals surface area contributed by atoms with Crippen LogP contribution in [0.3, 0.4) is 0 Å². The molecule has 0 aliphatic heterocycles. The van der Waals surface area contributed by atoms with Crippen molar-refractivity contribution in [1.29, 1.82) is 0 Å². The summed E-state index contributed by atoms with van der Waals surface area (Å²) in [5, 5.41) is 16.9. The topological polar surface area (TPSA) is 110 Å². The summed E-state index contributed by atoms with van der Waals surface area (Å²) in [6, 6.07) is 5.98. The Kier molecular flexibility index (Phi) is 8.89. The molecule has 0 aromatic heterocycles. The number of aliphatic hydroxyl groups is 1. The summed E-state index contributed by atoms with van der Waals surface area (Å²) in [5.74, 6) is -2.03. The SMILES string of the molecule is C=C(C)C(=O)OCCO.CC(=O)Oc1ccccc1C(=O)O. The fourth-order valence-corrected chi connectivity index (χ4v) is 1.15. The summed E-state index contributed by atoms with van der Waals surface area (Å²) in [4.78, 5) is 31.7. The lowest BCUT2D eigenvalue weighted by molar-refractivity contribution is -0.139. The number of benzene rings is 1. The van der Waals surface area contributed by atoms with Gasteiger partial charge in [0, 0.05) is 12.5 Å². The Balaban J connectivity index is 0.000000433. The molecule has 0 amide bonds. The average Bonchev–Trinajstić information content (AvgIpc) is 2.45. The Morgan fingerprint density at radius 2 is 1.77 bits per heavy atom. The fourth-order valence-electron chi connectivity index (χ4n) is 1.15. The maximum Gasteiger partial charge on any atom is 0.339 e. The lowest BCUT2D eigenvalue weighted by Gasteiger charge is -2.03. The zero-order valence-electron chi connectivity index (χ0n) is 12.4. The minimum absolute atomic E-state index is 0.0160. The van der Waals surface area contributed by atoms with Crippen molar-refractivity contribution in [3.63, 3.8) is 0 Å². The molecule has 7 nitrogen and oxygen atoms in total. The van der Waals surface area contributed by atoms with E-state index in [1.807, 2.05) is 0 Å². The molecule has 0 aliphatic carbocycles. The quantitative estimate of drug-likeness (QED) is 0.480. The largest absolute Gasteiger partial charge is 0.478 e. The van der Waals surface area contributed by atoms with Crippen LogP contribution in [0.15, 0.2) is 36.4 Å². The van der Waals surface area contributed by atoms with Crippen molar-refractivity contribution >= 4 is 17.9 Å². The molecule has 0 bridgehead atoms. The lowest BCUT2D eigenvalue weighted by atomic mass is 10.2. The molecule has 0 fully saturated rings. The number of carbonyl (C=O) groups is 3. The monoisotopic (exact) mass is 310 g/mol. The standard InChI is InChI=1S/C9H8O4.C6H10O3/c1-6(10)13-8-5-3-2-4-7(8)9(11)12;1-5(2)6(8)9-4-3-7/h2-5H,1H3,(H,11,12);7H,1,3-4H2,2H3. The molecule has 120 valence electrons. The number of para-hydroxylation sites is 1. The molecule has 0 spiro atoms. The van der Waals surface area contributed by atoms with Gasteiger partial charge in [0.2, 0.25) is 0 Å². The van der Waals surface area contributed by atoms with Gasteiger partial charge in [0.15, 0.2) is 0 Å². The summed E-state index contributed by atoms with van der Waals surface area (Å²) in [6.07, 6.45) is 0. The molecular formula is C15H18O7. The van der Waals surface area contributed by atoms with Gasteiger partial charge in [0.05, 0.1) is 6.61 Å². The van der Waals surface area contributed by atoms with Crippen LogP contribution in [0, 0.1) is 0 Å². The first-order valence-electron chi connectivity index (χ1n) is 6.23. The van der Waals surface area contributed by atoms with Gasteiger partial charge in [-0.1, -0.05) is 18.7 Å². The van der Waals surface area contributed by atoms with Crippen molar-refractivity contribution in [3.8, 4) is 5.75 Å². The minimum atomic E-state index is -1.11. The van der Waals surface area contributed by atoms with Gasteiger partial charge in [0.1, 0.15) is 17.9 Å². The molecule has 0 aliphatic rings. The maximum absolute atomic E-state index is 10.6. The first-order chi connectivity index (χ1) is 10.3. The third kappa shape index (κ3) is 7.81. The number of carbonyl (C=O) groups excluding carboxylic acids is 2. The molecule has 1 rings (SSSR count). The maximum atomic E-state index is 10.6. The highest BCUT2D eigenvalue weighted by molar-refractivity contribution is 5.91. The molecule has 1 aromatic carbocycles. The first-order valence-corrected chi connectivity index (χ1v) is 6.23. The van der Waals surface area contributed by atoms with Crippen LogP contribution < -0.4 is 4.74 Å². The molecular weight excluding hydrogens is 292 g/mol. The van der Waals surface area contributed by atoms with Gasteiger partial charge < -0.3 is 19.7 Å². The number of aliphatic hydroxyl groups excluding tert-OH is 1. The van der Waals surface area contributed by atoms with Gasteiger partial charge in [-0.3, -0.25) is 4.79 Å². The van der Waals surface area contributed by atoms with Crippen molar-refractivity contribution in [2.75, 3.05) is 13.2 Å². The second-order valence-corrected chi connectivity index (χ2v) is 4.03. The van der Waals surface area contributed by atoms with E-state index in [9.17, 15) is 14.4 Å². The first kappa shape index (κ1) is 19.3. The van der Waals surface area contributed by atoms with Crippen molar-refractivity contribution in [1.82, 2.24) is 0 Å². The molecule has 1 aromatic rings. The summed E-state index contributed by atoms with van der Waals surface area (Å²) in [7, 11) is 0. The molecule has 7 heteroatoms. The van der Waals surface area contributed by atoms with Crippen LogP contribution in [-0.2, 0) is 14.3 Å². The van der Waals surface area contributed by atoms with E-state index in [1.165, 1.54) is 19.1 Å². The zero-order valence-corrected chi connectivity index (χ0v) is 12.4. The summed E-state index contributed by atoms with van der Waals surface area (Å²) in [5.41, 5.74) is 0.334. The summed E-state index contributed by atoms with van der Waals surface area (Å²) >= 11 is 0. The number of hydrogen-bond donors (Lipinski definition) is 2. The van der Waals surface area contributed by atoms with E-state index in [1.54, 1.807) is 19.1 Å². The van der Waals surface area contributed by atoms with Gasteiger partial charge in [-0.05, 0) is 19.1 Å². The third-order valence-electron chi connectivity index (χ3n) is 2.04. The van der Waals surface area contributed by atoms with Crippen LogP contribution in [0.2, 0.25) is 0 Å². The normalized spacial score (nSPS) is 9.05. The van der Waals surface area contributed by atoms with Gasteiger partial charge in [-0.2, -0.15) is 0 Å². The highest BCUT2D eigenvalue weighted by Crippen LogP contribution is 2.17. The Labute approximate surface area is 127 Å². The number of carboxylic acid groups (broad SMARTS) is 1. The highest BCUT2D eigenvalue weighted by atomic mass is 16.5. The van der Waals surface area contributed by atoms with Crippen LogP contribution in [0.4, 0.5) is 0 Å². The van der Waals surface area contributed by atoms with Crippen LogP contribution in [-0.4, -0.2) is 41.3 Å².